The Balaban J connectivity index is 1.49. The van der Waals surface area contributed by atoms with E-state index in [9.17, 15) is 4.39 Å². The highest BCUT2D eigenvalue weighted by Crippen LogP contribution is 2.48. The van der Waals surface area contributed by atoms with Crippen LogP contribution in [0.15, 0.2) is 113 Å². The van der Waals surface area contributed by atoms with Gasteiger partial charge in [-0.1, -0.05) is 72.3 Å². The molecule has 2 aliphatic rings. The quantitative estimate of drug-likeness (QED) is 0.258. The van der Waals surface area contributed by atoms with Gasteiger partial charge in [0.2, 0.25) is 0 Å². The third-order valence-corrected chi connectivity index (χ3v) is 7.23. The average molecular weight is 533 g/mol. The number of hydrogen-bond acceptors (Lipinski definition) is 5. The molecule has 7 rings (SSSR count). The number of anilines is 2. The summed E-state index contributed by atoms with van der Waals surface area (Å²) in [6, 6.07) is 32.6. The smallest absolute Gasteiger partial charge is 0.179 e. The van der Waals surface area contributed by atoms with Gasteiger partial charge in [0.05, 0.1) is 33.8 Å². The third-order valence-electron chi connectivity index (χ3n) is 6.94. The summed E-state index contributed by atoms with van der Waals surface area (Å²) in [4.78, 5) is 12.4. The van der Waals surface area contributed by atoms with Crippen LogP contribution in [0.2, 0.25) is 5.02 Å². The molecule has 3 heterocycles. The van der Waals surface area contributed by atoms with E-state index in [4.69, 9.17) is 26.7 Å². The lowest BCUT2D eigenvalue weighted by Crippen LogP contribution is -2.46. The second kappa shape index (κ2) is 9.22. The van der Waals surface area contributed by atoms with Crippen molar-refractivity contribution in [2.75, 3.05) is 10.2 Å². The minimum Gasteiger partial charge on any atom is -0.337 e. The maximum atomic E-state index is 13.9. The molecule has 0 spiro atoms. The van der Waals surface area contributed by atoms with Crippen LogP contribution in [0.1, 0.15) is 22.9 Å². The van der Waals surface area contributed by atoms with Gasteiger partial charge < -0.3 is 10.2 Å². The van der Waals surface area contributed by atoms with Gasteiger partial charge in [0.25, 0.3) is 0 Å². The molecule has 6 nitrogen and oxygen atoms in total. The molecule has 0 saturated heterocycles. The van der Waals surface area contributed by atoms with Crippen molar-refractivity contribution in [2.24, 2.45) is 9.98 Å². The summed E-state index contributed by atoms with van der Waals surface area (Å²) in [5, 5.41) is 8.33. The summed E-state index contributed by atoms with van der Waals surface area (Å²) in [7, 11) is 0. The van der Waals surface area contributed by atoms with Crippen molar-refractivity contribution in [3.63, 3.8) is 0 Å². The highest BCUT2D eigenvalue weighted by molar-refractivity contribution is 6.51. The molecular weight excluding hydrogens is 511 g/mol. The van der Waals surface area contributed by atoms with Crippen LogP contribution in [0.4, 0.5) is 27.3 Å². The first-order valence-corrected chi connectivity index (χ1v) is 12.9. The third kappa shape index (κ3) is 3.90. The average Bonchev–Trinajstić information content (AvgIpc) is 3.31. The molecule has 0 saturated carbocycles. The number of rotatable bonds is 3. The van der Waals surface area contributed by atoms with E-state index in [1.807, 2.05) is 78.3 Å². The van der Waals surface area contributed by atoms with Crippen molar-refractivity contribution >= 4 is 46.2 Å². The summed E-state index contributed by atoms with van der Waals surface area (Å²) >= 11 is 6.10. The predicted octanol–water partition coefficient (Wildman–Crippen LogP) is 7.77. The number of para-hydroxylation sites is 3. The molecule has 39 heavy (non-hydrogen) atoms. The van der Waals surface area contributed by atoms with Crippen molar-refractivity contribution in [2.45, 2.75) is 13.0 Å². The molecule has 1 N–H and O–H groups in total. The lowest BCUT2D eigenvalue weighted by Gasteiger charge is -2.40. The lowest BCUT2D eigenvalue weighted by molar-refractivity contribution is 0.628. The van der Waals surface area contributed by atoms with E-state index in [1.54, 1.807) is 12.1 Å². The Bertz CT molecular complexity index is 1780. The number of aryl methyl sites for hydroxylation is 1. The van der Waals surface area contributed by atoms with Gasteiger partial charge in [-0.05, 0) is 55.0 Å². The minimum atomic E-state index is -0.481. The Morgan fingerprint density at radius 1 is 0.846 bits per heavy atom. The van der Waals surface area contributed by atoms with Crippen molar-refractivity contribution in [3.8, 4) is 5.69 Å². The first kappa shape index (κ1) is 23.4. The number of benzene rings is 4. The largest absolute Gasteiger partial charge is 0.337 e. The van der Waals surface area contributed by atoms with Crippen LogP contribution >= 0.6 is 11.6 Å². The molecule has 0 unspecified atom stereocenters. The zero-order valence-corrected chi connectivity index (χ0v) is 21.6. The van der Waals surface area contributed by atoms with E-state index in [2.05, 4.69) is 28.4 Å². The topological polar surface area (TPSA) is 57.8 Å². The summed E-state index contributed by atoms with van der Waals surface area (Å²) in [5.41, 5.74) is 6.27. The van der Waals surface area contributed by atoms with Crippen LogP contribution in [-0.4, -0.2) is 21.5 Å². The maximum absolute atomic E-state index is 13.9. The molecule has 0 amide bonds. The Hall–Kier alpha value is -4.75. The highest BCUT2D eigenvalue weighted by atomic mass is 35.5. The van der Waals surface area contributed by atoms with Gasteiger partial charge in [-0.2, -0.15) is 5.10 Å². The Morgan fingerprint density at radius 2 is 1.56 bits per heavy atom. The second-order valence-electron chi connectivity index (χ2n) is 9.39. The molecule has 1 atom stereocenters. The number of fused-ring (bicyclic) bond motifs is 4. The van der Waals surface area contributed by atoms with Gasteiger partial charge in [-0.3, -0.25) is 0 Å². The molecule has 0 bridgehead atoms. The Morgan fingerprint density at radius 3 is 2.33 bits per heavy atom. The molecule has 1 aromatic heterocycles. The summed E-state index contributed by atoms with van der Waals surface area (Å²) < 4.78 is 15.8. The van der Waals surface area contributed by atoms with Crippen LogP contribution in [0.5, 0.6) is 0 Å². The van der Waals surface area contributed by atoms with E-state index < -0.39 is 5.82 Å². The fraction of sp³-hybridized carbons (Fsp3) is 0.0645. The molecule has 0 fully saturated rings. The zero-order valence-electron chi connectivity index (χ0n) is 20.9. The van der Waals surface area contributed by atoms with Gasteiger partial charge in [0.15, 0.2) is 17.5 Å². The molecule has 5 aromatic rings. The molecule has 2 aliphatic heterocycles. The number of nitrogens with one attached hydrogen (secondary N) is 1. The molecule has 0 radical (unpaired) electrons. The van der Waals surface area contributed by atoms with Crippen LogP contribution < -0.4 is 10.2 Å². The molecule has 190 valence electrons. The van der Waals surface area contributed by atoms with Crippen LogP contribution in [0.25, 0.3) is 5.69 Å². The van der Waals surface area contributed by atoms with Gasteiger partial charge in [-0.25, -0.2) is 19.1 Å². The zero-order chi connectivity index (χ0) is 26.5. The number of halogens is 2. The van der Waals surface area contributed by atoms with E-state index in [-0.39, 0.29) is 11.1 Å². The molecule has 0 aliphatic carbocycles. The Kier molecular flexibility index (Phi) is 5.52. The second-order valence-corrected chi connectivity index (χ2v) is 9.80. The van der Waals surface area contributed by atoms with E-state index in [0.29, 0.717) is 17.4 Å². The number of nitrogens with zero attached hydrogens (tertiary/aromatic N) is 5. The van der Waals surface area contributed by atoms with Gasteiger partial charge in [0.1, 0.15) is 5.82 Å². The van der Waals surface area contributed by atoms with Gasteiger partial charge in [-0.15, -0.1) is 0 Å². The molecule has 8 heteroatoms. The van der Waals surface area contributed by atoms with Crippen LogP contribution in [0.3, 0.4) is 0 Å². The predicted molar refractivity (Wildman–Crippen MR) is 155 cm³/mol. The van der Waals surface area contributed by atoms with Crippen molar-refractivity contribution in [3.05, 3.63) is 131 Å². The SMILES string of the molecule is Cc1nn(-c2ccccc2)c2c1[C@H](c1ccccc1)N1C(=N2)C(Nc2ccc(F)c(Cl)c2)=Nc2ccccc21. The van der Waals surface area contributed by atoms with Gasteiger partial charge >= 0.3 is 0 Å². The van der Waals surface area contributed by atoms with Crippen molar-refractivity contribution in [1.82, 2.24) is 9.78 Å². The summed E-state index contributed by atoms with van der Waals surface area (Å²) in [5.74, 6) is 1.42. The lowest BCUT2D eigenvalue weighted by atomic mass is 9.93. The summed E-state index contributed by atoms with van der Waals surface area (Å²) in [6.45, 7) is 2.03. The first-order chi connectivity index (χ1) is 19.1. The molecular formula is C31H22ClFN6. The maximum Gasteiger partial charge on any atom is 0.179 e. The van der Waals surface area contributed by atoms with Crippen molar-refractivity contribution < 1.29 is 4.39 Å². The summed E-state index contributed by atoms with van der Waals surface area (Å²) in [6.07, 6.45) is 0. The van der Waals surface area contributed by atoms with E-state index in [0.717, 1.165) is 39.7 Å². The number of aliphatic imine (C=N–C) groups is 2. The van der Waals surface area contributed by atoms with Crippen molar-refractivity contribution in [1.29, 1.82) is 0 Å². The number of aromatic nitrogens is 2. The number of amidine groups is 2. The minimum absolute atomic E-state index is 0.0291. The van der Waals surface area contributed by atoms with Gasteiger partial charge in [0, 0.05) is 11.3 Å². The van der Waals surface area contributed by atoms with Crippen LogP contribution in [-0.2, 0) is 0 Å². The first-order valence-electron chi connectivity index (χ1n) is 12.6. The molecule has 4 aromatic carbocycles. The number of hydrogen-bond donors (Lipinski definition) is 1. The fourth-order valence-corrected chi connectivity index (χ4v) is 5.39. The fourth-order valence-electron chi connectivity index (χ4n) is 5.21. The highest BCUT2D eigenvalue weighted by Gasteiger charge is 2.41. The Labute approximate surface area is 229 Å². The van der Waals surface area contributed by atoms with E-state index >= 15 is 0 Å². The van der Waals surface area contributed by atoms with E-state index in [1.165, 1.54) is 6.07 Å². The normalized spacial score (nSPS) is 15.6. The monoisotopic (exact) mass is 532 g/mol. The van der Waals surface area contributed by atoms with Crippen LogP contribution in [0, 0.1) is 12.7 Å². The standard InChI is InChI=1S/C31H22ClFN6/c1-19-27-28(20-10-4-2-5-11-20)38-26-15-9-8-14-25(26)35-29(34-21-16-17-24(33)23(32)18-21)31(38)36-30(27)39(37-19)22-12-6-3-7-13-22/h2-18,28H,1H3,(H,34,35)/t28-/m0/s1.